The third-order valence-electron chi connectivity index (χ3n) is 4.08. The van der Waals surface area contributed by atoms with Gasteiger partial charge < -0.3 is 16.8 Å². The molecule has 134 valence electrons. The molecule has 0 saturated heterocycles. The lowest BCUT2D eigenvalue weighted by Gasteiger charge is -2.19. The Bertz CT molecular complexity index is 613. The van der Waals surface area contributed by atoms with E-state index in [-0.39, 0.29) is 6.04 Å². The molecule has 0 saturated carbocycles. The van der Waals surface area contributed by atoms with Gasteiger partial charge in [0.1, 0.15) is 0 Å². The lowest BCUT2D eigenvalue weighted by molar-refractivity contribution is -0.137. The monoisotopic (exact) mass is 341 g/mol. The number of nitrogens with one attached hydrogen (secondary N) is 1. The maximum absolute atomic E-state index is 12.6. The molecule has 0 amide bonds. The van der Waals surface area contributed by atoms with Crippen LogP contribution in [0.25, 0.3) is 0 Å². The molecule has 0 aliphatic rings. The van der Waals surface area contributed by atoms with Crippen LogP contribution in [-0.4, -0.2) is 0 Å². The third-order valence-corrected chi connectivity index (χ3v) is 4.08. The molecule has 6 heteroatoms. The predicted octanol–water partition coefficient (Wildman–Crippen LogP) is 4.58. The maximum atomic E-state index is 12.6. The van der Waals surface area contributed by atoms with Crippen molar-refractivity contribution in [3.63, 3.8) is 0 Å². The van der Waals surface area contributed by atoms with E-state index >= 15 is 0 Å². The van der Waals surface area contributed by atoms with Crippen LogP contribution in [0.3, 0.4) is 0 Å². The molecular formula is C18H26F3N3. The zero-order valence-corrected chi connectivity index (χ0v) is 14.6. The summed E-state index contributed by atoms with van der Waals surface area (Å²) < 4.78 is 37.8. The van der Waals surface area contributed by atoms with Crippen LogP contribution in [0.2, 0.25) is 0 Å². The van der Waals surface area contributed by atoms with Gasteiger partial charge in [-0.1, -0.05) is 25.5 Å². The van der Waals surface area contributed by atoms with Gasteiger partial charge in [0.2, 0.25) is 0 Å². The fourth-order valence-corrected chi connectivity index (χ4v) is 2.29. The highest BCUT2D eigenvalue weighted by Gasteiger charge is 2.30. The van der Waals surface area contributed by atoms with E-state index in [0.29, 0.717) is 5.82 Å². The first-order valence-corrected chi connectivity index (χ1v) is 7.93. The summed E-state index contributed by atoms with van der Waals surface area (Å²) in [5.41, 5.74) is 14.7. The summed E-state index contributed by atoms with van der Waals surface area (Å²) in [5, 5.41) is 3.12. The number of rotatable bonds is 6. The van der Waals surface area contributed by atoms with Crippen molar-refractivity contribution in [2.45, 2.75) is 52.8 Å². The summed E-state index contributed by atoms with van der Waals surface area (Å²) in [7, 11) is 0. The first-order chi connectivity index (χ1) is 11.1. The summed E-state index contributed by atoms with van der Waals surface area (Å²) in [6.07, 6.45) is -2.58. The molecule has 24 heavy (non-hydrogen) atoms. The highest BCUT2D eigenvalue weighted by molar-refractivity contribution is 5.34. The van der Waals surface area contributed by atoms with Crippen molar-refractivity contribution in [3.8, 4) is 0 Å². The average molecular weight is 341 g/mol. The standard InChI is InChI=1S/C18H26F3N3/c1-5-6-16(22)11(2)12(3)17(23)24-13(4)14-7-9-15(10-8-14)18(19,20)21/h7-10,13,24H,5-6,22-23H2,1-4H3/b16-11-,17-12+. The zero-order valence-electron chi connectivity index (χ0n) is 14.6. The van der Waals surface area contributed by atoms with Crippen LogP contribution in [0.4, 0.5) is 13.2 Å². The second-order valence-electron chi connectivity index (χ2n) is 5.92. The van der Waals surface area contributed by atoms with E-state index in [0.717, 1.165) is 47.4 Å². The smallest absolute Gasteiger partial charge is 0.402 e. The summed E-state index contributed by atoms with van der Waals surface area (Å²) in [5.74, 6) is 0.471. The van der Waals surface area contributed by atoms with Crippen molar-refractivity contribution in [1.29, 1.82) is 0 Å². The highest BCUT2D eigenvalue weighted by Crippen LogP contribution is 2.30. The van der Waals surface area contributed by atoms with Crippen molar-refractivity contribution >= 4 is 0 Å². The average Bonchev–Trinajstić information content (AvgIpc) is 2.52. The summed E-state index contributed by atoms with van der Waals surface area (Å²) in [4.78, 5) is 0. The predicted molar refractivity (Wildman–Crippen MR) is 91.7 cm³/mol. The van der Waals surface area contributed by atoms with Crippen LogP contribution >= 0.6 is 0 Å². The molecule has 5 N–H and O–H groups in total. The largest absolute Gasteiger partial charge is 0.416 e. The minimum Gasteiger partial charge on any atom is -0.402 e. The van der Waals surface area contributed by atoms with Crippen LogP contribution in [0.15, 0.2) is 46.9 Å². The summed E-state index contributed by atoms with van der Waals surface area (Å²) in [6, 6.07) is 4.84. The number of hydrogen-bond acceptors (Lipinski definition) is 3. The Labute approximate surface area is 141 Å². The molecule has 0 spiro atoms. The van der Waals surface area contributed by atoms with E-state index < -0.39 is 11.7 Å². The van der Waals surface area contributed by atoms with E-state index in [1.165, 1.54) is 12.1 Å². The molecule has 0 heterocycles. The lowest BCUT2D eigenvalue weighted by Crippen LogP contribution is -2.25. The van der Waals surface area contributed by atoms with E-state index in [9.17, 15) is 13.2 Å². The van der Waals surface area contributed by atoms with Crippen molar-refractivity contribution in [1.82, 2.24) is 5.32 Å². The van der Waals surface area contributed by atoms with Crippen LogP contribution in [-0.2, 0) is 6.18 Å². The molecule has 3 nitrogen and oxygen atoms in total. The number of hydrogen-bond donors (Lipinski definition) is 3. The Kier molecular flexibility index (Phi) is 6.75. The van der Waals surface area contributed by atoms with Gasteiger partial charge in [-0.15, -0.1) is 0 Å². The van der Waals surface area contributed by atoms with Gasteiger partial charge in [0.05, 0.1) is 11.4 Å². The third kappa shape index (κ3) is 5.22. The molecule has 1 rings (SSSR count). The normalized spacial score (nSPS) is 15.5. The zero-order chi connectivity index (χ0) is 18.5. The highest BCUT2D eigenvalue weighted by atomic mass is 19.4. The summed E-state index contributed by atoms with van der Waals surface area (Å²) in [6.45, 7) is 7.68. The molecular weight excluding hydrogens is 315 g/mol. The van der Waals surface area contributed by atoms with E-state index in [1.807, 2.05) is 27.7 Å². The van der Waals surface area contributed by atoms with Gasteiger partial charge in [-0.2, -0.15) is 13.2 Å². The number of nitrogens with two attached hydrogens (primary N) is 2. The van der Waals surface area contributed by atoms with E-state index in [4.69, 9.17) is 11.5 Å². The molecule has 0 aliphatic carbocycles. The molecule has 0 radical (unpaired) electrons. The van der Waals surface area contributed by atoms with Crippen molar-refractivity contribution < 1.29 is 13.2 Å². The molecule has 0 fully saturated rings. The number of alkyl halides is 3. The number of allylic oxidation sites excluding steroid dienone is 3. The molecule has 1 aromatic carbocycles. The Balaban J connectivity index is 2.92. The van der Waals surface area contributed by atoms with Crippen molar-refractivity contribution in [2.24, 2.45) is 11.5 Å². The Morgan fingerprint density at radius 1 is 1.08 bits per heavy atom. The SMILES string of the molecule is CCC/C(N)=C(C)/C(C)=C(\N)NC(C)c1ccc(C(F)(F)F)cc1. The van der Waals surface area contributed by atoms with Gasteiger partial charge >= 0.3 is 6.18 Å². The Morgan fingerprint density at radius 2 is 1.62 bits per heavy atom. The molecule has 1 aromatic rings. The summed E-state index contributed by atoms with van der Waals surface area (Å²) >= 11 is 0. The first kappa shape index (κ1) is 19.9. The number of halogens is 3. The second kappa shape index (κ2) is 8.13. The first-order valence-electron chi connectivity index (χ1n) is 7.93. The van der Waals surface area contributed by atoms with Gasteiger partial charge in [-0.25, -0.2) is 0 Å². The van der Waals surface area contributed by atoms with Crippen LogP contribution in [0.5, 0.6) is 0 Å². The molecule has 1 unspecified atom stereocenters. The van der Waals surface area contributed by atoms with Crippen LogP contribution in [0.1, 0.15) is 57.7 Å². The van der Waals surface area contributed by atoms with Gasteiger partial charge in [-0.05, 0) is 56.0 Å². The fraction of sp³-hybridized carbons (Fsp3) is 0.444. The topological polar surface area (TPSA) is 64.1 Å². The van der Waals surface area contributed by atoms with Crippen molar-refractivity contribution in [3.05, 3.63) is 58.1 Å². The van der Waals surface area contributed by atoms with Gasteiger partial charge in [0.15, 0.2) is 0 Å². The maximum Gasteiger partial charge on any atom is 0.416 e. The van der Waals surface area contributed by atoms with Crippen LogP contribution < -0.4 is 16.8 Å². The lowest BCUT2D eigenvalue weighted by atomic mass is 10.0. The Morgan fingerprint density at radius 3 is 2.08 bits per heavy atom. The molecule has 1 atom stereocenters. The minimum absolute atomic E-state index is 0.220. The fourth-order valence-electron chi connectivity index (χ4n) is 2.29. The molecule has 0 bridgehead atoms. The quantitative estimate of drug-likeness (QED) is 0.664. The number of benzene rings is 1. The van der Waals surface area contributed by atoms with Crippen molar-refractivity contribution in [2.75, 3.05) is 0 Å². The van der Waals surface area contributed by atoms with E-state index in [2.05, 4.69) is 5.32 Å². The minimum atomic E-state index is -4.33. The molecule has 0 aliphatic heterocycles. The van der Waals surface area contributed by atoms with Gasteiger partial charge in [0, 0.05) is 11.7 Å². The molecule has 0 aromatic heterocycles. The van der Waals surface area contributed by atoms with Gasteiger partial charge in [-0.3, -0.25) is 0 Å². The Hall–Kier alpha value is -2.11. The second-order valence-corrected chi connectivity index (χ2v) is 5.92. The van der Waals surface area contributed by atoms with Crippen LogP contribution in [0, 0.1) is 0 Å². The van der Waals surface area contributed by atoms with E-state index in [1.54, 1.807) is 0 Å². The van der Waals surface area contributed by atoms with Gasteiger partial charge in [0.25, 0.3) is 0 Å².